The highest BCUT2D eigenvalue weighted by molar-refractivity contribution is 7.10. The van der Waals surface area contributed by atoms with Crippen molar-refractivity contribution in [3.8, 4) is 0 Å². The number of nitrogens with zero attached hydrogens (tertiary/aromatic N) is 3. The van der Waals surface area contributed by atoms with Crippen LogP contribution in [-0.4, -0.2) is 29.6 Å². The Labute approximate surface area is 210 Å². The third-order valence-corrected chi connectivity index (χ3v) is 8.02. The molecule has 4 heterocycles. The Balaban J connectivity index is 1.76. The number of carbonyl (C=O) groups is 2. The molecule has 7 nitrogen and oxygen atoms in total. The summed E-state index contributed by atoms with van der Waals surface area (Å²) < 4.78 is 7.45. The Kier molecular flexibility index (Phi) is 6.06. The summed E-state index contributed by atoms with van der Waals surface area (Å²) in [5.74, 6) is -0.493. The van der Waals surface area contributed by atoms with Gasteiger partial charge in [0.1, 0.15) is 10.6 Å². The molecule has 3 aromatic rings. The van der Waals surface area contributed by atoms with Gasteiger partial charge in [-0.15, -0.1) is 11.3 Å². The van der Waals surface area contributed by atoms with Crippen molar-refractivity contribution in [1.82, 2.24) is 4.57 Å². The number of aromatic nitrogens is 1. The van der Waals surface area contributed by atoms with Crippen LogP contribution in [-0.2, 0) is 14.3 Å². The molecule has 1 aromatic carbocycles. The molecule has 2 aliphatic rings. The SMILES string of the molecule is CCN1C(=O)C(=c2sc3n(c2=O)C(c2cccs2)C(C(=O)OCC(C)C)=C(C)N=3)c2ccccc21. The molecule has 2 aromatic heterocycles. The maximum atomic E-state index is 13.9. The third kappa shape index (κ3) is 3.79. The predicted octanol–water partition coefficient (Wildman–Crippen LogP) is 3.23. The molecule has 0 fully saturated rings. The highest BCUT2D eigenvalue weighted by Crippen LogP contribution is 2.36. The van der Waals surface area contributed by atoms with Crippen LogP contribution in [0.5, 0.6) is 0 Å². The number of benzene rings is 1. The van der Waals surface area contributed by atoms with Crippen molar-refractivity contribution in [2.24, 2.45) is 10.9 Å². The quantitative estimate of drug-likeness (QED) is 0.497. The number of fused-ring (bicyclic) bond motifs is 2. The Hall–Kier alpha value is -3.30. The Morgan fingerprint density at radius 3 is 2.63 bits per heavy atom. The lowest BCUT2D eigenvalue weighted by atomic mass is 10.0. The van der Waals surface area contributed by atoms with Crippen LogP contribution in [0.25, 0.3) is 5.57 Å². The number of anilines is 1. The largest absolute Gasteiger partial charge is 0.462 e. The molecular weight excluding hydrogens is 482 g/mol. The summed E-state index contributed by atoms with van der Waals surface area (Å²) in [5.41, 5.74) is 2.47. The van der Waals surface area contributed by atoms with E-state index in [1.54, 1.807) is 16.4 Å². The molecule has 180 valence electrons. The summed E-state index contributed by atoms with van der Waals surface area (Å²) >= 11 is 2.66. The summed E-state index contributed by atoms with van der Waals surface area (Å²) in [6.07, 6.45) is 0. The summed E-state index contributed by atoms with van der Waals surface area (Å²) in [6.45, 7) is 8.39. The monoisotopic (exact) mass is 507 g/mol. The van der Waals surface area contributed by atoms with Crippen molar-refractivity contribution < 1.29 is 14.3 Å². The molecule has 0 saturated carbocycles. The second kappa shape index (κ2) is 9.05. The summed E-state index contributed by atoms with van der Waals surface area (Å²) in [4.78, 5) is 48.1. The number of carbonyl (C=O) groups excluding carboxylic acids is 2. The van der Waals surface area contributed by atoms with E-state index in [1.807, 2.05) is 62.5 Å². The topological polar surface area (TPSA) is 81.0 Å². The minimum atomic E-state index is -0.658. The lowest BCUT2D eigenvalue weighted by Gasteiger charge is -2.23. The standard InChI is InChI=1S/C26H25N3O4S2/c1-5-28-17-10-7-6-9-16(17)20(23(28)30)22-24(31)29-21(18-11-8-12-34-18)19(15(4)27-26(29)35-22)25(32)33-13-14(2)3/h6-12,14,21H,5,13H2,1-4H3. The highest BCUT2D eigenvalue weighted by Gasteiger charge is 2.37. The first-order valence-corrected chi connectivity index (χ1v) is 13.2. The van der Waals surface area contributed by atoms with Gasteiger partial charge in [0, 0.05) is 17.0 Å². The minimum absolute atomic E-state index is 0.179. The molecule has 1 unspecified atom stereocenters. The average molecular weight is 508 g/mol. The zero-order valence-electron chi connectivity index (χ0n) is 19.9. The predicted molar refractivity (Wildman–Crippen MR) is 137 cm³/mol. The van der Waals surface area contributed by atoms with Crippen LogP contribution in [0.15, 0.2) is 62.8 Å². The Morgan fingerprint density at radius 2 is 1.94 bits per heavy atom. The van der Waals surface area contributed by atoms with Gasteiger partial charge in [-0.25, -0.2) is 9.79 Å². The van der Waals surface area contributed by atoms with Crippen LogP contribution in [0.1, 0.15) is 44.2 Å². The van der Waals surface area contributed by atoms with Crippen LogP contribution in [0.2, 0.25) is 0 Å². The first kappa shape index (κ1) is 23.4. The molecule has 5 rings (SSSR count). The zero-order valence-corrected chi connectivity index (χ0v) is 21.5. The van der Waals surface area contributed by atoms with Crippen molar-refractivity contribution >= 4 is 45.8 Å². The maximum Gasteiger partial charge on any atom is 0.338 e. The number of thiazole rings is 1. The number of ether oxygens (including phenoxy) is 1. The molecule has 1 amide bonds. The van der Waals surface area contributed by atoms with E-state index in [0.717, 1.165) is 16.1 Å². The van der Waals surface area contributed by atoms with Crippen molar-refractivity contribution in [2.75, 3.05) is 18.1 Å². The van der Waals surface area contributed by atoms with Gasteiger partial charge in [0.05, 0.1) is 29.1 Å². The molecule has 1 atom stereocenters. The van der Waals surface area contributed by atoms with Gasteiger partial charge in [-0.2, -0.15) is 0 Å². The number of likely N-dealkylation sites (N-methyl/N-ethyl adjacent to an activating group) is 1. The molecule has 0 bridgehead atoms. The summed E-state index contributed by atoms with van der Waals surface area (Å²) in [7, 11) is 0. The van der Waals surface area contributed by atoms with Gasteiger partial charge < -0.3 is 9.64 Å². The number of thiophene rings is 1. The van der Waals surface area contributed by atoms with E-state index in [1.165, 1.54) is 22.7 Å². The molecule has 0 saturated heterocycles. The zero-order chi connectivity index (χ0) is 24.9. The number of hydrogen-bond donors (Lipinski definition) is 0. The fourth-order valence-corrected chi connectivity index (χ4v) is 6.44. The van der Waals surface area contributed by atoms with Crippen LogP contribution < -0.4 is 19.8 Å². The van der Waals surface area contributed by atoms with E-state index in [2.05, 4.69) is 4.99 Å². The average Bonchev–Trinajstić information content (AvgIpc) is 3.53. The molecule has 0 N–H and O–H groups in total. The minimum Gasteiger partial charge on any atom is -0.462 e. The molecule has 0 radical (unpaired) electrons. The van der Waals surface area contributed by atoms with Gasteiger partial charge in [0.15, 0.2) is 4.80 Å². The number of amides is 1. The molecule has 9 heteroatoms. The Bertz CT molecular complexity index is 1540. The van der Waals surface area contributed by atoms with E-state index in [4.69, 9.17) is 4.74 Å². The fourth-order valence-electron chi connectivity index (χ4n) is 4.48. The fraction of sp³-hybridized carbons (Fsp3) is 0.308. The van der Waals surface area contributed by atoms with Crippen molar-refractivity contribution in [2.45, 2.75) is 33.7 Å². The molecule has 35 heavy (non-hydrogen) atoms. The van der Waals surface area contributed by atoms with E-state index >= 15 is 0 Å². The van der Waals surface area contributed by atoms with Crippen molar-refractivity contribution in [3.63, 3.8) is 0 Å². The number of rotatable bonds is 5. The number of allylic oxidation sites excluding steroid dienone is 1. The van der Waals surface area contributed by atoms with Crippen molar-refractivity contribution in [1.29, 1.82) is 0 Å². The van der Waals surface area contributed by atoms with Gasteiger partial charge in [-0.3, -0.25) is 14.2 Å². The van der Waals surface area contributed by atoms with E-state index < -0.39 is 12.0 Å². The van der Waals surface area contributed by atoms with Gasteiger partial charge in [0.25, 0.3) is 11.5 Å². The van der Waals surface area contributed by atoms with E-state index in [9.17, 15) is 14.4 Å². The van der Waals surface area contributed by atoms with Gasteiger partial charge >= 0.3 is 5.97 Å². The lowest BCUT2D eigenvalue weighted by molar-refractivity contribution is -0.140. The maximum absolute atomic E-state index is 13.9. The molecule has 0 aliphatic carbocycles. The number of para-hydroxylation sites is 1. The molecule has 0 spiro atoms. The Morgan fingerprint density at radius 1 is 1.17 bits per heavy atom. The third-order valence-electron chi connectivity index (χ3n) is 6.04. The van der Waals surface area contributed by atoms with Crippen molar-refractivity contribution in [3.05, 3.63) is 83.2 Å². The normalized spacial score (nSPS) is 18.6. The van der Waals surface area contributed by atoms with Gasteiger partial charge in [0.2, 0.25) is 0 Å². The van der Waals surface area contributed by atoms with E-state index in [-0.39, 0.29) is 24.0 Å². The number of esters is 1. The summed E-state index contributed by atoms with van der Waals surface area (Å²) in [5, 5.41) is 1.91. The first-order valence-electron chi connectivity index (χ1n) is 11.5. The second-order valence-electron chi connectivity index (χ2n) is 8.85. The van der Waals surface area contributed by atoms with E-state index in [0.29, 0.717) is 32.7 Å². The molecule has 2 aliphatic heterocycles. The molecular formula is C26H25N3O4S2. The van der Waals surface area contributed by atoms with Crippen LogP contribution in [0.4, 0.5) is 5.69 Å². The van der Waals surface area contributed by atoms with Gasteiger partial charge in [-0.05, 0) is 37.3 Å². The summed E-state index contributed by atoms with van der Waals surface area (Å²) in [6, 6.07) is 10.6. The highest BCUT2D eigenvalue weighted by atomic mass is 32.1. The van der Waals surface area contributed by atoms with Crippen LogP contribution >= 0.6 is 22.7 Å². The van der Waals surface area contributed by atoms with Crippen LogP contribution in [0.3, 0.4) is 0 Å². The first-order chi connectivity index (χ1) is 16.8. The second-order valence-corrected chi connectivity index (χ2v) is 10.8. The smallest absolute Gasteiger partial charge is 0.338 e. The number of hydrogen-bond acceptors (Lipinski definition) is 7. The van der Waals surface area contributed by atoms with Gasteiger partial charge in [-0.1, -0.05) is 49.4 Å². The lowest BCUT2D eigenvalue weighted by Crippen LogP contribution is -2.40. The van der Waals surface area contributed by atoms with Crippen LogP contribution in [0, 0.1) is 5.92 Å².